The molecule has 8 heteroatoms. The topological polar surface area (TPSA) is 89.9 Å². The van der Waals surface area contributed by atoms with Crippen LogP contribution in [0.1, 0.15) is 49.3 Å². The smallest absolute Gasteiger partial charge is 0.219 e. The van der Waals surface area contributed by atoms with Crippen LogP contribution in [0.5, 0.6) is 0 Å². The molecule has 5 rings (SSSR count). The number of nitrogens with zero attached hydrogens (tertiary/aromatic N) is 5. The molecule has 1 aliphatic heterocycles. The third kappa shape index (κ3) is 4.30. The zero-order chi connectivity index (χ0) is 22.9. The van der Waals surface area contributed by atoms with Crippen LogP contribution in [0, 0.1) is 18.3 Å². The summed E-state index contributed by atoms with van der Waals surface area (Å²) >= 11 is 1.58. The fourth-order valence-electron chi connectivity index (χ4n) is 5.01. The van der Waals surface area contributed by atoms with E-state index in [0.717, 1.165) is 73.0 Å². The second kappa shape index (κ2) is 9.06. The molecule has 1 atom stereocenters. The molecular weight excluding hydrogens is 432 g/mol. The molecule has 7 nitrogen and oxygen atoms in total. The number of nitrogen functional groups attached to an aromatic ring is 1. The van der Waals surface area contributed by atoms with Gasteiger partial charge in [0.2, 0.25) is 5.91 Å². The van der Waals surface area contributed by atoms with Gasteiger partial charge in [0.15, 0.2) is 22.1 Å². The van der Waals surface area contributed by atoms with Crippen molar-refractivity contribution in [2.45, 2.75) is 62.0 Å². The van der Waals surface area contributed by atoms with E-state index in [-0.39, 0.29) is 5.91 Å². The van der Waals surface area contributed by atoms with Gasteiger partial charge in [-0.05, 0) is 67.7 Å². The summed E-state index contributed by atoms with van der Waals surface area (Å²) in [4.78, 5) is 28.3. The molecule has 3 aromatic rings. The van der Waals surface area contributed by atoms with E-state index in [9.17, 15) is 4.79 Å². The number of carbonyl (C=O) groups excluding carboxylic acids is 1. The first-order valence-electron chi connectivity index (χ1n) is 11.6. The molecule has 0 saturated carbocycles. The molecule has 2 N–H and O–H groups in total. The monoisotopic (exact) mass is 460 g/mol. The van der Waals surface area contributed by atoms with Crippen LogP contribution in [0.3, 0.4) is 0 Å². The zero-order valence-corrected chi connectivity index (χ0v) is 19.7. The van der Waals surface area contributed by atoms with Gasteiger partial charge in [0.25, 0.3) is 0 Å². The van der Waals surface area contributed by atoms with Crippen LogP contribution >= 0.6 is 11.8 Å². The zero-order valence-electron chi connectivity index (χ0n) is 18.9. The molecule has 0 bridgehead atoms. The largest absolute Gasteiger partial charge is 0.382 e. The highest BCUT2D eigenvalue weighted by molar-refractivity contribution is 7.99. The van der Waals surface area contributed by atoms with Crippen molar-refractivity contribution in [2.24, 2.45) is 5.92 Å². The highest BCUT2D eigenvalue weighted by Crippen LogP contribution is 2.36. The summed E-state index contributed by atoms with van der Waals surface area (Å²) in [6.45, 7) is 4.08. The number of imidazole rings is 1. The lowest BCUT2D eigenvalue weighted by Crippen LogP contribution is -2.38. The Hall–Kier alpha value is -3.05. The van der Waals surface area contributed by atoms with Crippen molar-refractivity contribution in [1.82, 2.24) is 24.4 Å². The highest BCUT2D eigenvalue weighted by atomic mass is 32.2. The van der Waals surface area contributed by atoms with Crippen LogP contribution in [0.25, 0.3) is 11.2 Å². The number of nitrogens with two attached hydrogens (primary N) is 1. The van der Waals surface area contributed by atoms with E-state index >= 15 is 0 Å². The number of fused-ring (bicyclic) bond motifs is 2. The summed E-state index contributed by atoms with van der Waals surface area (Å²) in [6.07, 6.45) is 13.8. The van der Waals surface area contributed by atoms with Crippen LogP contribution in [0.2, 0.25) is 0 Å². The summed E-state index contributed by atoms with van der Waals surface area (Å²) in [5.41, 5.74) is 11.2. The molecule has 1 aromatic carbocycles. The van der Waals surface area contributed by atoms with Crippen molar-refractivity contribution in [1.29, 1.82) is 0 Å². The Morgan fingerprint density at radius 2 is 2.09 bits per heavy atom. The molecule has 33 heavy (non-hydrogen) atoms. The summed E-state index contributed by atoms with van der Waals surface area (Å²) in [6, 6.07) is 4.39. The molecule has 1 saturated heterocycles. The Bertz CT molecular complexity index is 1260. The number of anilines is 1. The number of hydrogen-bond acceptors (Lipinski definition) is 6. The van der Waals surface area contributed by atoms with Gasteiger partial charge in [0, 0.05) is 37.0 Å². The molecule has 0 spiro atoms. The Labute approximate surface area is 198 Å². The molecule has 170 valence electrons. The summed E-state index contributed by atoms with van der Waals surface area (Å²) < 4.78 is 2.14. The van der Waals surface area contributed by atoms with Gasteiger partial charge in [0.1, 0.15) is 6.33 Å². The molecule has 3 heterocycles. The second-order valence-corrected chi connectivity index (χ2v) is 9.97. The van der Waals surface area contributed by atoms with Gasteiger partial charge in [-0.1, -0.05) is 17.7 Å². The quantitative estimate of drug-likeness (QED) is 0.584. The van der Waals surface area contributed by atoms with Crippen LogP contribution in [0.15, 0.2) is 28.5 Å². The number of aryl methyl sites for hydroxylation is 3. The second-order valence-electron chi connectivity index (χ2n) is 8.96. The number of aromatic nitrogens is 4. The minimum absolute atomic E-state index is 0.156. The van der Waals surface area contributed by atoms with Gasteiger partial charge in [-0.15, -0.1) is 6.42 Å². The molecule has 2 aliphatic rings. The van der Waals surface area contributed by atoms with Crippen molar-refractivity contribution in [3.8, 4) is 12.3 Å². The fraction of sp³-hybridized carbons (Fsp3) is 0.440. The highest BCUT2D eigenvalue weighted by Gasteiger charge is 2.24. The van der Waals surface area contributed by atoms with E-state index in [1.165, 1.54) is 23.9 Å². The predicted octanol–water partition coefficient (Wildman–Crippen LogP) is 3.68. The van der Waals surface area contributed by atoms with Gasteiger partial charge in [-0.25, -0.2) is 15.0 Å². The average molecular weight is 461 g/mol. The number of rotatable bonds is 5. The van der Waals surface area contributed by atoms with Gasteiger partial charge >= 0.3 is 0 Å². The Balaban J connectivity index is 1.46. The van der Waals surface area contributed by atoms with E-state index in [1.807, 2.05) is 4.90 Å². The van der Waals surface area contributed by atoms with Gasteiger partial charge in [-0.2, -0.15) is 0 Å². The van der Waals surface area contributed by atoms with Crippen molar-refractivity contribution < 1.29 is 4.79 Å². The lowest BCUT2D eigenvalue weighted by molar-refractivity contribution is -0.130. The maximum absolute atomic E-state index is 11.8. The predicted molar refractivity (Wildman–Crippen MR) is 130 cm³/mol. The number of terminal acetylenes is 1. The summed E-state index contributed by atoms with van der Waals surface area (Å²) in [5.74, 6) is 3.86. The summed E-state index contributed by atoms with van der Waals surface area (Å²) in [7, 11) is 0. The molecule has 1 unspecified atom stereocenters. The lowest BCUT2D eigenvalue weighted by atomic mass is 9.95. The van der Waals surface area contributed by atoms with Crippen LogP contribution in [-0.4, -0.2) is 43.4 Å². The van der Waals surface area contributed by atoms with Crippen molar-refractivity contribution in [2.75, 3.05) is 18.8 Å². The third-order valence-corrected chi connectivity index (χ3v) is 7.85. The molecule has 1 amide bonds. The first-order valence-corrected chi connectivity index (χ1v) is 12.4. The lowest BCUT2D eigenvalue weighted by Gasteiger charge is -2.32. The number of amides is 1. The molecule has 2 aromatic heterocycles. The Morgan fingerprint density at radius 1 is 1.27 bits per heavy atom. The first-order chi connectivity index (χ1) is 16.0. The normalized spacial score (nSPS) is 17.8. The Kier molecular flexibility index (Phi) is 5.98. The van der Waals surface area contributed by atoms with E-state index in [1.54, 1.807) is 18.7 Å². The molecule has 1 aliphatic carbocycles. The SMILES string of the molecule is C#Cc1cc2c(cc1Sc1nc3c(N)ncnc3n1CCC1CCCN(C(C)=O)C1)CCC2. The number of benzene rings is 1. The average Bonchev–Trinajstić information content (AvgIpc) is 3.42. The number of hydrogen-bond donors (Lipinski definition) is 1. The van der Waals surface area contributed by atoms with Crippen molar-refractivity contribution in [3.05, 3.63) is 35.2 Å². The number of likely N-dealkylation sites (tertiary alicyclic amines) is 1. The van der Waals surface area contributed by atoms with Crippen LogP contribution in [-0.2, 0) is 24.2 Å². The fourth-order valence-corrected chi connectivity index (χ4v) is 6.06. The van der Waals surface area contributed by atoms with Gasteiger partial charge in [-0.3, -0.25) is 4.79 Å². The summed E-state index contributed by atoms with van der Waals surface area (Å²) in [5, 5.41) is 0.825. The Morgan fingerprint density at radius 3 is 2.88 bits per heavy atom. The van der Waals surface area contributed by atoms with Crippen molar-refractivity contribution >= 4 is 34.7 Å². The van der Waals surface area contributed by atoms with E-state index in [2.05, 4.69) is 32.6 Å². The van der Waals surface area contributed by atoms with Crippen molar-refractivity contribution in [3.63, 3.8) is 0 Å². The van der Waals surface area contributed by atoms with Gasteiger partial charge in [0.05, 0.1) is 0 Å². The molecule has 0 radical (unpaired) electrons. The van der Waals surface area contributed by atoms with E-state index in [0.29, 0.717) is 17.3 Å². The third-order valence-electron chi connectivity index (χ3n) is 6.80. The first kappa shape index (κ1) is 21.8. The van der Waals surface area contributed by atoms with E-state index < -0.39 is 0 Å². The maximum atomic E-state index is 11.8. The van der Waals surface area contributed by atoms with Gasteiger partial charge < -0.3 is 15.2 Å². The minimum Gasteiger partial charge on any atom is -0.382 e. The minimum atomic E-state index is 0.156. The number of carbonyl (C=O) groups is 1. The van der Waals surface area contributed by atoms with Crippen LogP contribution < -0.4 is 5.73 Å². The number of piperidine rings is 1. The van der Waals surface area contributed by atoms with E-state index in [4.69, 9.17) is 17.1 Å². The molecule has 1 fully saturated rings. The standard InChI is InChI=1S/C25H28N6OS/c1-3-18-12-19-7-4-8-20(19)13-21(18)33-25-29-22-23(26)27-15-28-24(22)31(25)11-9-17-6-5-10-30(14-17)16(2)32/h1,12-13,15,17H,4-11,14H2,2H3,(H2,26,27,28). The maximum Gasteiger partial charge on any atom is 0.219 e. The van der Waals surface area contributed by atoms with Crippen LogP contribution in [0.4, 0.5) is 5.82 Å². The molecular formula is C25H28N6OS.